The van der Waals surface area contributed by atoms with Gasteiger partial charge in [-0.15, -0.1) is 32.7 Å². The summed E-state index contributed by atoms with van der Waals surface area (Å²) < 4.78 is 134. The van der Waals surface area contributed by atoms with Crippen LogP contribution in [0, 0.1) is 4.91 Å². The van der Waals surface area contributed by atoms with Crippen LogP contribution in [0.1, 0.15) is 134 Å². The molecule has 0 saturated carbocycles. The lowest BCUT2D eigenvalue weighted by molar-refractivity contribution is -0.655. The number of primary amides is 2. The van der Waals surface area contributed by atoms with E-state index in [0.717, 1.165) is 33.6 Å². The van der Waals surface area contributed by atoms with E-state index in [2.05, 4.69) is 50.2 Å². The summed E-state index contributed by atoms with van der Waals surface area (Å²) in [6, 6.07) is 8.90. The molecule has 7 fully saturated rings. The number of nitrogens with two attached hydrogens (primary N) is 2. The summed E-state index contributed by atoms with van der Waals surface area (Å²) in [6.45, 7) is 22.6. The maximum Gasteiger partial charge on any atom is 0.411 e. The minimum atomic E-state index is -3.61. The number of carboxylic acids is 1. The maximum atomic E-state index is 13.7. The number of likely N-dealkylation sites (tertiary alicyclic amines) is 5. The Morgan fingerprint density at radius 1 is 0.581 bits per heavy atom. The van der Waals surface area contributed by atoms with Crippen LogP contribution < -0.4 is 26.8 Å². The van der Waals surface area contributed by atoms with Crippen molar-refractivity contribution in [2.75, 3.05) is 102 Å². The number of anilines is 1. The number of azide groups is 3. The topological polar surface area (TPSA) is 548 Å². The van der Waals surface area contributed by atoms with E-state index in [1.54, 1.807) is 132 Å². The number of aliphatic hydroxyl groups is 1. The first-order valence-corrected chi connectivity index (χ1v) is 41.8. The Balaban J connectivity index is 0.000000372. The highest BCUT2D eigenvalue weighted by molar-refractivity contribution is 7.86. The number of hydrogen-bond donors (Lipinski definition) is 6. The van der Waals surface area contributed by atoms with Gasteiger partial charge in [-0.25, -0.2) is 64.7 Å². The number of rotatable bonds is 13. The van der Waals surface area contributed by atoms with Gasteiger partial charge in [0.2, 0.25) is 5.52 Å². The molecule has 8 amide bonds. The van der Waals surface area contributed by atoms with Crippen molar-refractivity contribution in [3.8, 4) is 0 Å². The number of benzene rings is 2. The number of aliphatic carboxylic acids is 1. The van der Waals surface area contributed by atoms with Gasteiger partial charge >= 0.3 is 48.4 Å². The highest BCUT2D eigenvalue weighted by atomic mass is 35.5. The minimum Gasteiger partial charge on any atom is -0.480 e. The smallest absolute Gasteiger partial charge is 0.411 e. The fourth-order valence-corrected chi connectivity index (χ4v) is 12.9. The van der Waals surface area contributed by atoms with Gasteiger partial charge in [0, 0.05) is 116 Å². The molecule has 694 valence electrons. The molecule has 0 unspecified atom stereocenters. The summed E-state index contributed by atoms with van der Waals surface area (Å²) in [5.41, 5.74) is 34.5. The van der Waals surface area contributed by atoms with E-state index in [0.29, 0.717) is 47.1 Å². The lowest BCUT2D eigenvalue weighted by Gasteiger charge is -2.28. The third-order valence-corrected chi connectivity index (χ3v) is 18.2. The predicted octanol–water partition coefficient (Wildman–Crippen LogP) is 13.1. The van der Waals surface area contributed by atoms with Crippen LogP contribution in [0.3, 0.4) is 0 Å². The first kappa shape index (κ1) is 108. The van der Waals surface area contributed by atoms with E-state index >= 15 is 0 Å². The highest BCUT2D eigenvalue weighted by Crippen LogP contribution is 2.31. The molecule has 41 nitrogen and oxygen atoms in total. The second-order valence-electron chi connectivity index (χ2n) is 32.5. The standard InChI is InChI=1S/C15H16FN7O2.C11H20FNO5S.C10H17FN4O2.C10H16FNO4.C10H18FNO3.C8H6N4O2.C5H9FN4.C4H8O.CH2Cl2/c16-9-5-10(6-19-21-18)22(7-9)15(25)20-12-8-23(14(17)24)13-4-2-1-3-11(12)13;1-11(2,3)18-10(14)13-6-8(12)5-9(13)7-17-19(4,15)16;1-10(2,3)17-9(16)15-6-7(11)4-8(15)5-13-14-12;1-10(2,3)16-9(15)12-5-6(11)4-7(12)8(13)14;1-10(2,3)15-9(14)12-5-7(11)4-8(12)6-13;9-8(13)11-5-12(10-14)7-4-2-1-3-6(7)11;6-4-1-5(8-2-4)3-9-10-7;1-2-4-5-3-1;2-1-3/h1-4,8-10H,5-7H2,(H2,17,24)(H,20,25);8-9H,5-7H2,1-4H3;7-8H,4-6H2,1-3H3;6-7H,4-5H2,1-3H3,(H,13,14);7-8,13H,4-6H2,1-3H3;1-5H,(H-,9,13);4-5,8H,1-3H2;1-4H2;1H2/p+1/t9-,10+;8-,9+;7-,8+;6-,7+;7-,8+;;4-,5+;;/m11111.1../s1. The molecule has 0 bridgehead atoms. The van der Waals surface area contributed by atoms with Crippen LogP contribution in [-0.2, 0) is 42.8 Å². The normalized spacial score (nSPS) is 22.5. The number of fused-ring (bicyclic) bond motifs is 2. The van der Waals surface area contributed by atoms with Gasteiger partial charge in [-0.2, -0.15) is 8.42 Å². The number of halogens is 8. The number of imidazole rings is 1. The number of nitrogens with one attached hydrogen (secondary N) is 2. The van der Waals surface area contributed by atoms with Crippen LogP contribution in [-0.4, -0.2) is 293 Å². The van der Waals surface area contributed by atoms with Crippen molar-refractivity contribution in [3.05, 3.63) is 97.3 Å². The van der Waals surface area contributed by atoms with E-state index in [-0.39, 0.29) is 103 Å². The Morgan fingerprint density at radius 3 is 1.39 bits per heavy atom. The van der Waals surface area contributed by atoms with E-state index in [1.807, 2.05) is 0 Å². The Hall–Kier alpha value is -10.3. The van der Waals surface area contributed by atoms with Gasteiger partial charge in [-0.05, 0) is 137 Å². The number of nitroso groups, excluding NO2 is 1. The zero-order chi connectivity index (χ0) is 93.8. The van der Waals surface area contributed by atoms with E-state index < -0.39 is 148 Å². The molecular weight excluding hydrogens is 1720 g/mol. The molecule has 50 heteroatoms. The SMILES string of the molecule is C1CCOC1.CC(C)(C)OC(=O)N1C[C@H](F)C[C@H]1C(=O)O.CC(C)(C)OC(=O)N1C[C@H](F)C[C@H]1CN=[N+]=[N-].CC(C)(C)OC(=O)N1C[C@H](F)C[C@H]1CO.CC(C)(C)OC(=O)N1C[C@H](F)C[C@H]1COS(C)(=O)=O.ClCCl.NC(=O)n1c[n+](N=O)c2ccccc21.[N-]=[N+]=NC[C@@H]1C[C@@H](F)CN1.[N-]=[N+]=NC[C@@H]1C[C@@H](F)CN1C(=O)Nc1cn(C(N)=O)c2ccccc12. The maximum absolute atomic E-state index is 13.7. The van der Waals surface area contributed by atoms with Gasteiger partial charge in [0.1, 0.15) is 65.5 Å². The molecule has 0 aliphatic carbocycles. The summed E-state index contributed by atoms with van der Waals surface area (Å²) in [5.74, 6) is -1.20. The fourth-order valence-electron chi connectivity index (χ4n) is 12.5. The number of aliphatic hydroxyl groups excluding tert-OH is 1. The fraction of sp³-hybridized carbons (Fsp3) is 0.689. The third-order valence-electron chi connectivity index (χ3n) is 17.6. The Bertz CT molecular complexity index is 4420. The van der Waals surface area contributed by atoms with Crippen LogP contribution in [0.4, 0.5) is 65.6 Å². The number of alkyl halides is 8. The van der Waals surface area contributed by atoms with E-state index in [4.69, 9.17) is 85.2 Å². The summed E-state index contributed by atoms with van der Waals surface area (Å²) in [5, 5.41) is 37.1. The molecule has 7 saturated heterocycles. The van der Waals surface area contributed by atoms with Crippen molar-refractivity contribution in [3.63, 3.8) is 0 Å². The van der Waals surface area contributed by atoms with Gasteiger partial charge in [0.05, 0.1) is 80.8 Å². The predicted molar refractivity (Wildman–Crippen MR) is 445 cm³/mol. The average molecular weight is 1830 g/mol. The number of ether oxygens (including phenoxy) is 5. The van der Waals surface area contributed by atoms with Crippen LogP contribution in [0.2, 0.25) is 0 Å². The number of carbonyl (C=O) groups excluding carboxylic acids is 7. The lowest BCUT2D eigenvalue weighted by Crippen LogP contribution is -2.43. The monoisotopic (exact) mass is 1830 g/mol. The molecule has 7 aliphatic heterocycles. The van der Waals surface area contributed by atoms with Gasteiger partial charge in [0.15, 0.2) is 10.8 Å². The van der Waals surface area contributed by atoms with Crippen molar-refractivity contribution in [2.45, 2.75) is 230 Å². The summed E-state index contributed by atoms with van der Waals surface area (Å²) in [6.07, 6.45) is -2.12. The number of urea groups is 1. The molecule has 0 radical (unpaired) electrons. The van der Waals surface area contributed by atoms with Crippen LogP contribution in [0.25, 0.3) is 53.3 Å². The van der Waals surface area contributed by atoms with Crippen molar-refractivity contribution < 1.29 is 116 Å². The highest BCUT2D eigenvalue weighted by Gasteiger charge is 2.44. The Morgan fingerprint density at radius 2 is 0.976 bits per heavy atom. The number of amides is 8. The quantitative estimate of drug-likeness (QED) is 0.00833. The second-order valence-corrected chi connectivity index (χ2v) is 35.0. The number of nitrogens with zero attached hydrogens (tertiary/aromatic N) is 18. The lowest BCUT2D eigenvalue weighted by atomic mass is 10.2. The molecular formula is C74H113Cl2F6N22O19S+. The third kappa shape index (κ3) is 38.8. The number of para-hydroxylation sites is 3. The number of aromatic nitrogens is 3. The van der Waals surface area contributed by atoms with Crippen molar-refractivity contribution >= 4 is 109 Å². The van der Waals surface area contributed by atoms with Crippen LogP contribution in [0.15, 0.2) is 81.7 Å². The molecule has 4 aromatic rings. The van der Waals surface area contributed by atoms with E-state index in [9.17, 15) is 78.0 Å². The summed E-state index contributed by atoms with van der Waals surface area (Å²) in [4.78, 5) is 117. The van der Waals surface area contributed by atoms with Crippen LogP contribution in [0.5, 0.6) is 0 Å². The molecule has 8 N–H and O–H groups in total. The zero-order valence-electron chi connectivity index (χ0n) is 71.2. The number of carboxylic acid groups (broad SMARTS) is 1. The first-order valence-electron chi connectivity index (χ1n) is 38.9. The van der Waals surface area contributed by atoms with Gasteiger partial charge < -0.3 is 65.8 Å². The largest absolute Gasteiger partial charge is 0.480 e. The molecule has 2 aromatic heterocycles. The number of hydrogen-bond acceptors (Lipinski definition) is 23. The molecule has 2 aromatic carbocycles. The molecule has 11 rings (SSSR count). The van der Waals surface area contributed by atoms with E-state index in [1.165, 1.54) is 49.5 Å². The second kappa shape index (κ2) is 51.2. The van der Waals surface area contributed by atoms with Crippen molar-refractivity contribution in [1.82, 2.24) is 39.0 Å². The molecule has 12 atom stereocenters. The van der Waals surface area contributed by atoms with Crippen molar-refractivity contribution in [1.29, 1.82) is 0 Å². The van der Waals surface area contributed by atoms with Gasteiger partial charge in [-0.3, -0.25) is 23.4 Å². The average Bonchev–Trinajstić information content (AvgIpc) is 1.63. The zero-order valence-corrected chi connectivity index (χ0v) is 73.6. The molecule has 9 heterocycles. The van der Waals surface area contributed by atoms with Crippen LogP contribution >= 0.6 is 23.2 Å². The molecule has 124 heavy (non-hydrogen) atoms. The van der Waals surface area contributed by atoms with Crippen molar-refractivity contribution in [2.24, 2.45) is 32.1 Å². The summed E-state index contributed by atoms with van der Waals surface area (Å²) in [7, 11) is -3.61. The number of carbonyl (C=O) groups is 8. The Kier molecular flexibility index (Phi) is 44.5. The summed E-state index contributed by atoms with van der Waals surface area (Å²) >= 11 is 9.53. The first-order chi connectivity index (χ1) is 57.8. The molecule has 7 aliphatic rings. The minimum absolute atomic E-state index is 0.000524. The molecule has 0 spiro atoms. The van der Waals surface area contributed by atoms with Gasteiger partial charge in [0.25, 0.3) is 16.4 Å². The Labute approximate surface area is 722 Å². The van der Waals surface area contributed by atoms with Gasteiger partial charge in [-0.1, -0.05) is 50.4 Å².